The van der Waals surface area contributed by atoms with Crippen molar-refractivity contribution in [3.63, 3.8) is 0 Å². The molecule has 0 aliphatic carbocycles. The summed E-state index contributed by atoms with van der Waals surface area (Å²) in [7, 11) is 0. The van der Waals surface area contributed by atoms with Crippen molar-refractivity contribution >= 4 is 39.7 Å². The zero-order valence-electron chi connectivity index (χ0n) is 17.2. The number of aryl methyl sites for hydroxylation is 1. The molecule has 9 nitrogen and oxygen atoms in total. The van der Waals surface area contributed by atoms with Gasteiger partial charge in [0.2, 0.25) is 0 Å². The second-order valence-corrected chi connectivity index (χ2v) is 8.63. The third kappa shape index (κ3) is 4.76. The third-order valence-corrected chi connectivity index (χ3v) is 5.94. The molecule has 11 heteroatoms. The quantitative estimate of drug-likeness (QED) is 0.520. The molecule has 164 valence electrons. The summed E-state index contributed by atoms with van der Waals surface area (Å²) in [5.74, 6) is 0.449. The maximum atomic E-state index is 15.1. The van der Waals surface area contributed by atoms with Crippen LogP contribution in [0.3, 0.4) is 0 Å². The first kappa shape index (κ1) is 21.5. The second kappa shape index (κ2) is 9.15. The second-order valence-electron chi connectivity index (χ2n) is 7.40. The Bertz CT molecular complexity index is 1160. The highest BCUT2D eigenvalue weighted by Crippen LogP contribution is 2.27. The molecule has 0 saturated carbocycles. The zero-order chi connectivity index (χ0) is 22.7. The molecule has 1 aliphatic rings. The number of nitriles is 1. The molecule has 0 unspecified atom stereocenters. The molecule has 4 heterocycles. The van der Waals surface area contributed by atoms with Gasteiger partial charge in [0.05, 0.1) is 29.4 Å². The van der Waals surface area contributed by atoms with E-state index in [1.165, 1.54) is 23.7 Å². The number of nitrogens with zero attached hydrogens (tertiary/aromatic N) is 5. The number of rotatable bonds is 6. The van der Waals surface area contributed by atoms with E-state index in [2.05, 4.69) is 25.6 Å². The summed E-state index contributed by atoms with van der Waals surface area (Å²) in [6, 6.07) is 6.52. The van der Waals surface area contributed by atoms with Gasteiger partial charge in [0, 0.05) is 36.1 Å². The minimum absolute atomic E-state index is 0.136. The first-order valence-electron chi connectivity index (χ1n) is 9.94. The largest absolute Gasteiger partial charge is 0.378 e. The van der Waals surface area contributed by atoms with E-state index in [4.69, 9.17) is 11.0 Å². The van der Waals surface area contributed by atoms with Crippen molar-refractivity contribution in [2.45, 2.75) is 25.6 Å². The first-order valence-corrected chi connectivity index (χ1v) is 10.8. The summed E-state index contributed by atoms with van der Waals surface area (Å²) in [6.07, 6.45) is 3.86. The van der Waals surface area contributed by atoms with Crippen molar-refractivity contribution in [3.8, 4) is 6.07 Å². The Kier molecular flexibility index (Phi) is 6.13. The van der Waals surface area contributed by atoms with E-state index in [1.54, 1.807) is 24.4 Å². The molecule has 3 aromatic rings. The van der Waals surface area contributed by atoms with Gasteiger partial charge in [-0.15, -0.1) is 11.3 Å². The number of carbonyl (C=O) groups excluding carboxylic acids is 1. The average molecular weight is 453 g/mol. The zero-order valence-corrected chi connectivity index (χ0v) is 18.1. The van der Waals surface area contributed by atoms with Gasteiger partial charge >= 0.3 is 0 Å². The normalized spacial score (nSPS) is 18.1. The number of aromatic nitrogens is 3. The van der Waals surface area contributed by atoms with Crippen LogP contribution < -0.4 is 21.3 Å². The fourth-order valence-electron chi connectivity index (χ4n) is 3.48. The number of anilines is 4. The van der Waals surface area contributed by atoms with Crippen LogP contribution in [0.1, 0.15) is 27.2 Å². The highest BCUT2D eigenvalue weighted by Gasteiger charge is 2.30. The van der Waals surface area contributed by atoms with Crippen molar-refractivity contribution in [1.29, 1.82) is 5.26 Å². The summed E-state index contributed by atoms with van der Waals surface area (Å²) in [5.41, 5.74) is 6.56. The summed E-state index contributed by atoms with van der Waals surface area (Å²) < 4.78 is 15.1. The maximum absolute atomic E-state index is 15.1. The summed E-state index contributed by atoms with van der Waals surface area (Å²) in [6.45, 7) is 2.65. The molecule has 0 aromatic carbocycles. The molecular formula is C21H21FN8OS. The minimum atomic E-state index is -1.21. The van der Waals surface area contributed by atoms with Crippen LogP contribution in [0.15, 0.2) is 36.8 Å². The monoisotopic (exact) mass is 452 g/mol. The van der Waals surface area contributed by atoms with Crippen molar-refractivity contribution < 1.29 is 9.18 Å². The smallest absolute Gasteiger partial charge is 0.252 e. The van der Waals surface area contributed by atoms with Crippen LogP contribution in [0, 0.1) is 18.3 Å². The number of amides is 1. The predicted molar refractivity (Wildman–Crippen MR) is 121 cm³/mol. The lowest BCUT2D eigenvalue weighted by molar-refractivity contribution is 0.100. The van der Waals surface area contributed by atoms with E-state index in [0.29, 0.717) is 41.0 Å². The topological polar surface area (TPSA) is 133 Å². The lowest BCUT2D eigenvalue weighted by Gasteiger charge is -2.36. The number of thiazole rings is 1. The number of alkyl halides is 1. The molecule has 4 N–H and O–H groups in total. The number of primary amides is 1. The van der Waals surface area contributed by atoms with E-state index in [0.717, 1.165) is 4.88 Å². The van der Waals surface area contributed by atoms with Gasteiger partial charge in [-0.05, 0) is 25.5 Å². The van der Waals surface area contributed by atoms with Gasteiger partial charge in [-0.1, -0.05) is 0 Å². The molecule has 0 spiro atoms. The van der Waals surface area contributed by atoms with E-state index < -0.39 is 18.1 Å². The van der Waals surface area contributed by atoms with Gasteiger partial charge in [-0.3, -0.25) is 4.79 Å². The van der Waals surface area contributed by atoms with E-state index in [-0.39, 0.29) is 12.1 Å². The standard InChI is InChI=1S/C21H21FN8OS/c1-12-8-27-21(32-12)29-18-6-17(14(10-25-18)20(24)31)28-16-4-5-30(11-15(16)22)19-3-2-13(7-23)9-26-19/h2-3,6,8-10,15-16H,4-5,11H2,1H3,(H2,24,31)(H2,25,27,28,29)/t15-,16+/m0/s1. The molecule has 4 rings (SSSR count). The molecule has 1 fully saturated rings. The lowest BCUT2D eigenvalue weighted by atomic mass is 10.0. The third-order valence-electron chi connectivity index (χ3n) is 5.11. The first-order chi connectivity index (χ1) is 15.4. The van der Waals surface area contributed by atoms with Crippen molar-refractivity contribution in [3.05, 3.63) is 52.8 Å². The Labute approximate surface area is 188 Å². The maximum Gasteiger partial charge on any atom is 0.252 e. The van der Waals surface area contributed by atoms with Gasteiger partial charge in [-0.25, -0.2) is 19.3 Å². The van der Waals surface area contributed by atoms with Crippen LogP contribution >= 0.6 is 11.3 Å². The number of nitrogens with one attached hydrogen (secondary N) is 2. The Morgan fingerprint density at radius 3 is 2.78 bits per heavy atom. The van der Waals surface area contributed by atoms with Crippen molar-refractivity contribution in [1.82, 2.24) is 15.0 Å². The van der Waals surface area contributed by atoms with E-state index in [1.807, 2.05) is 17.9 Å². The van der Waals surface area contributed by atoms with Gasteiger partial charge in [0.15, 0.2) is 5.13 Å². The fraction of sp³-hybridized carbons (Fsp3) is 0.286. The van der Waals surface area contributed by atoms with Crippen LogP contribution in [0.4, 0.5) is 26.8 Å². The fourth-order valence-corrected chi connectivity index (χ4v) is 4.15. The summed E-state index contributed by atoms with van der Waals surface area (Å²) in [4.78, 5) is 27.5. The molecule has 0 radical (unpaired) electrons. The van der Waals surface area contributed by atoms with Crippen LogP contribution in [-0.4, -0.2) is 46.2 Å². The number of hydrogen-bond donors (Lipinski definition) is 3. The number of hydrogen-bond acceptors (Lipinski definition) is 9. The van der Waals surface area contributed by atoms with Crippen molar-refractivity contribution in [2.75, 3.05) is 28.6 Å². The SMILES string of the molecule is Cc1cnc(Nc2cc(N[C@@H]3CCN(c4ccc(C#N)cn4)C[C@@H]3F)c(C(N)=O)cn2)s1. The van der Waals surface area contributed by atoms with E-state index >= 15 is 4.39 Å². The van der Waals surface area contributed by atoms with Crippen LogP contribution in [-0.2, 0) is 0 Å². The number of halogens is 1. The van der Waals surface area contributed by atoms with Gasteiger partial charge in [-0.2, -0.15) is 5.26 Å². The highest BCUT2D eigenvalue weighted by molar-refractivity contribution is 7.15. The summed E-state index contributed by atoms with van der Waals surface area (Å²) >= 11 is 1.47. The Hall–Kier alpha value is -3.78. The molecule has 0 bridgehead atoms. The number of pyridine rings is 2. The summed E-state index contributed by atoms with van der Waals surface area (Å²) in [5, 5.41) is 15.8. The molecule has 1 aliphatic heterocycles. The Morgan fingerprint density at radius 1 is 1.31 bits per heavy atom. The Morgan fingerprint density at radius 2 is 2.16 bits per heavy atom. The number of nitrogens with two attached hydrogens (primary N) is 1. The number of carbonyl (C=O) groups is 1. The molecule has 1 amide bonds. The molecule has 3 aromatic heterocycles. The van der Waals surface area contributed by atoms with Crippen LogP contribution in [0.2, 0.25) is 0 Å². The number of piperidine rings is 1. The average Bonchev–Trinajstić information content (AvgIpc) is 3.19. The lowest BCUT2D eigenvalue weighted by Crippen LogP contribution is -2.48. The van der Waals surface area contributed by atoms with Gasteiger partial charge in [0.1, 0.15) is 23.9 Å². The molecule has 1 saturated heterocycles. The molecular weight excluding hydrogens is 431 g/mol. The highest BCUT2D eigenvalue weighted by atomic mass is 32.1. The Balaban J connectivity index is 1.48. The molecule has 2 atom stereocenters. The van der Waals surface area contributed by atoms with E-state index in [9.17, 15) is 4.79 Å². The molecule has 32 heavy (non-hydrogen) atoms. The predicted octanol–water partition coefficient (Wildman–Crippen LogP) is 2.98. The van der Waals surface area contributed by atoms with Gasteiger partial charge in [0.25, 0.3) is 5.91 Å². The van der Waals surface area contributed by atoms with Gasteiger partial charge < -0.3 is 21.3 Å². The van der Waals surface area contributed by atoms with Crippen LogP contribution in [0.25, 0.3) is 0 Å². The minimum Gasteiger partial charge on any atom is -0.378 e. The van der Waals surface area contributed by atoms with Crippen LogP contribution in [0.5, 0.6) is 0 Å². The van der Waals surface area contributed by atoms with Crippen molar-refractivity contribution in [2.24, 2.45) is 5.73 Å².